The van der Waals surface area contributed by atoms with Gasteiger partial charge in [-0.2, -0.15) is 10.2 Å². The zero-order valence-corrected chi connectivity index (χ0v) is 39.7. The number of urea groups is 1. The van der Waals surface area contributed by atoms with E-state index in [9.17, 15) is 32.8 Å². The molecule has 1 spiro atoms. The summed E-state index contributed by atoms with van der Waals surface area (Å²) in [7, 11) is 0. The van der Waals surface area contributed by atoms with Crippen molar-refractivity contribution in [2.24, 2.45) is 16.7 Å². The van der Waals surface area contributed by atoms with Crippen molar-refractivity contribution in [1.29, 1.82) is 0 Å². The maximum absolute atomic E-state index is 14.4. The van der Waals surface area contributed by atoms with Crippen LogP contribution in [0.5, 0.6) is 0 Å². The SMILES string of the molecule is CC(C)(C)C(=O)O[C@H]1CCCN(c2ccn3ncc(C(=O)Nc4cn(C5CCN(CC6CCC7(CC6)CCN(C(=O)c6ccc(Cl)c(N8CCC(=O)NC8=O)c6)CC7)CC5)nc4C(F)F)c3n2)C1. The molecule has 0 radical (unpaired) electrons. The molecule has 364 valence electrons. The maximum Gasteiger partial charge on any atom is 0.328 e. The van der Waals surface area contributed by atoms with E-state index in [4.69, 9.17) is 21.3 Å². The smallest absolute Gasteiger partial charge is 0.328 e. The molecule has 2 N–H and O–H groups in total. The number of hydrogen-bond acceptors (Lipinski definition) is 11. The third-order valence-electron chi connectivity index (χ3n) is 14.7. The fraction of sp³-hybridized carbons (Fsp3) is 0.583. The molecular weight excluding hydrogens is 900 g/mol. The van der Waals surface area contributed by atoms with Crippen LogP contribution in [-0.2, 0) is 14.3 Å². The summed E-state index contributed by atoms with van der Waals surface area (Å²) < 4.78 is 37.7. The molecule has 1 saturated carbocycles. The van der Waals surface area contributed by atoms with E-state index in [2.05, 4.69) is 25.7 Å². The number of likely N-dealkylation sites (tertiary alicyclic amines) is 2. The number of fused-ring (bicyclic) bond motifs is 1. The minimum atomic E-state index is -2.90. The van der Waals surface area contributed by atoms with Crippen molar-refractivity contribution in [3.05, 3.63) is 64.7 Å². The molecular formula is C48H60ClF2N11O6. The van der Waals surface area contributed by atoms with Gasteiger partial charge < -0.3 is 24.8 Å². The lowest BCUT2D eigenvalue weighted by Crippen LogP contribution is -2.49. The standard InChI is InChI=1S/C48H60ClF2N11O6/c1-47(2,3)45(66)68-33-5-4-18-59(28-33)38-12-22-61-42(54-38)34(26-52-61)43(64)53-36-29-62(56-40(36)41(50)51)32-10-19-57(20-11-32)27-30-8-14-48(15-9-30)16-23-58(24-17-48)44(65)31-6-7-35(49)37(25-31)60-21-13-39(63)55-46(60)67/h6-7,12,22,25-26,29-30,32-33,41H,4-5,8-11,13-21,23-24,27-28H2,1-3H3,(H,53,64)(H,55,63,67)/t33-/m0/s1. The van der Waals surface area contributed by atoms with Gasteiger partial charge in [0.25, 0.3) is 18.2 Å². The number of carbonyl (C=O) groups excluding carboxylic acids is 5. The van der Waals surface area contributed by atoms with Gasteiger partial charge >= 0.3 is 12.0 Å². The third-order valence-corrected chi connectivity index (χ3v) is 15.0. The molecule has 3 aromatic heterocycles. The highest BCUT2D eigenvalue weighted by atomic mass is 35.5. The number of benzene rings is 1. The zero-order chi connectivity index (χ0) is 47.9. The van der Waals surface area contributed by atoms with E-state index >= 15 is 0 Å². The third kappa shape index (κ3) is 10.2. The van der Waals surface area contributed by atoms with Crippen LogP contribution in [-0.4, -0.2) is 122 Å². The number of amides is 5. The summed E-state index contributed by atoms with van der Waals surface area (Å²) in [5.74, 6) is -0.164. The molecule has 1 aromatic carbocycles. The molecule has 7 heterocycles. The average molecular weight is 961 g/mol. The number of anilines is 3. The summed E-state index contributed by atoms with van der Waals surface area (Å²) in [6.07, 6.45) is 10.9. The highest BCUT2D eigenvalue weighted by Crippen LogP contribution is 2.47. The number of rotatable bonds is 10. The number of hydrogen-bond donors (Lipinski definition) is 2. The largest absolute Gasteiger partial charge is 0.460 e. The fourth-order valence-electron chi connectivity index (χ4n) is 10.5. The van der Waals surface area contributed by atoms with Crippen molar-refractivity contribution in [3.8, 4) is 0 Å². The minimum Gasteiger partial charge on any atom is -0.460 e. The van der Waals surface area contributed by atoms with Crippen LogP contribution in [0.3, 0.4) is 0 Å². The van der Waals surface area contributed by atoms with Crippen LogP contribution in [0.15, 0.2) is 42.9 Å². The maximum atomic E-state index is 14.4. The second-order valence-electron chi connectivity index (χ2n) is 20.3. The second kappa shape index (κ2) is 19.4. The van der Waals surface area contributed by atoms with Gasteiger partial charge in [-0.15, -0.1) is 0 Å². The molecule has 1 atom stereocenters. The van der Waals surface area contributed by atoms with Crippen LogP contribution in [0.2, 0.25) is 5.02 Å². The van der Waals surface area contributed by atoms with Gasteiger partial charge in [0.1, 0.15) is 17.5 Å². The van der Waals surface area contributed by atoms with E-state index in [1.54, 1.807) is 35.1 Å². The van der Waals surface area contributed by atoms with Gasteiger partial charge in [0, 0.05) is 70.2 Å². The Labute approximate surface area is 398 Å². The number of imide groups is 1. The summed E-state index contributed by atoms with van der Waals surface area (Å²) >= 11 is 6.43. The summed E-state index contributed by atoms with van der Waals surface area (Å²) in [4.78, 5) is 76.6. The monoisotopic (exact) mass is 959 g/mol. The quantitative estimate of drug-likeness (QED) is 0.150. The van der Waals surface area contributed by atoms with E-state index in [0.717, 1.165) is 83.8 Å². The van der Waals surface area contributed by atoms with Gasteiger partial charge in [0.05, 0.1) is 40.6 Å². The van der Waals surface area contributed by atoms with Crippen LogP contribution in [0.4, 0.5) is 30.8 Å². The minimum absolute atomic E-state index is 0.0455. The molecule has 5 amide bonds. The number of carbonyl (C=O) groups is 5. The molecule has 9 rings (SSSR count). The number of nitrogens with zero attached hydrogens (tertiary/aromatic N) is 9. The van der Waals surface area contributed by atoms with Crippen LogP contribution < -0.4 is 20.4 Å². The molecule has 20 heteroatoms. The Morgan fingerprint density at radius 3 is 2.43 bits per heavy atom. The number of ether oxygens (including phenoxy) is 1. The summed E-state index contributed by atoms with van der Waals surface area (Å²) in [6, 6.07) is 6.11. The van der Waals surface area contributed by atoms with Crippen LogP contribution >= 0.6 is 11.6 Å². The van der Waals surface area contributed by atoms with Crippen LogP contribution in [0.1, 0.15) is 130 Å². The molecule has 4 aliphatic heterocycles. The van der Waals surface area contributed by atoms with Crippen LogP contribution in [0.25, 0.3) is 5.65 Å². The van der Waals surface area contributed by atoms with Gasteiger partial charge in [-0.1, -0.05) is 11.6 Å². The van der Waals surface area contributed by atoms with Gasteiger partial charge in [-0.3, -0.25) is 34.1 Å². The lowest BCUT2D eigenvalue weighted by molar-refractivity contribution is -0.158. The van der Waals surface area contributed by atoms with E-state index in [-0.39, 0.29) is 65.2 Å². The Morgan fingerprint density at radius 2 is 1.72 bits per heavy atom. The lowest BCUT2D eigenvalue weighted by atomic mass is 9.65. The molecule has 0 unspecified atom stereocenters. The molecule has 5 fully saturated rings. The van der Waals surface area contributed by atoms with Crippen molar-refractivity contribution >= 4 is 64.2 Å². The predicted molar refractivity (Wildman–Crippen MR) is 250 cm³/mol. The second-order valence-corrected chi connectivity index (χ2v) is 20.7. The average Bonchev–Trinajstić information content (AvgIpc) is 3.95. The van der Waals surface area contributed by atoms with Crippen molar-refractivity contribution in [2.45, 2.75) is 110 Å². The Hall–Kier alpha value is -5.69. The number of esters is 1. The topological polar surface area (TPSA) is 180 Å². The van der Waals surface area contributed by atoms with Crippen LogP contribution in [0, 0.1) is 16.7 Å². The number of alkyl halides is 2. The highest BCUT2D eigenvalue weighted by molar-refractivity contribution is 6.34. The molecule has 68 heavy (non-hydrogen) atoms. The summed E-state index contributed by atoms with van der Waals surface area (Å²) in [6.45, 7) is 10.7. The van der Waals surface area contributed by atoms with Gasteiger partial charge in [0.2, 0.25) is 5.91 Å². The van der Waals surface area contributed by atoms with E-state index in [0.29, 0.717) is 54.2 Å². The lowest BCUT2D eigenvalue weighted by Gasteiger charge is -2.47. The predicted octanol–water partition coefficient (Wildman–Crippen LogP) is 7.52. The fourth-order valence-corrected chi connectivity index (χ4v) is 10.7. The molecule has 4 aromatic rings. The zero-order valence-electron chi connectivity index (χ0n) is 38.9. The van der Waals surface area contributed by atoms with E-state index < -0.39 is 29.5 Å². The first-order valence-corrected chi connectivity index (χ1v) is 24.3. The first-order chi connectivity index (χ1) is 32.5. The van der Waals surface area contributed by atoms with E-state index in [1.165, 1.54) is 21.8 Å². The number of halogens is 3. The van der Waals surface area contributed by atoms with Crippen molar-refractivity contribution < 1.29 is 37.5 Å². The van der Waals surface area contributed by atoms with Gasteiger partial charge in [0.15, 0.2) is 11.3 Å². The first-order valence-electron chi connectivity index (χ1n) is 23.9. The Bertz CT molecular complexity index is 2550. The molecule has 5 aliphatic rings. The van der Waals surface area contributed by atoms with E-state index in [1.807, 2.05) is 30.6 Å². The Balaban J connectivity index is 0.750. The first kappa shape index (κ1) is 47.4. The summed E-state index contributed by atoms with van der Waals surface area (Å²) in [5.41, 5.74) is 0.349. The molecule has 0 bridgehead atoms. The summed E-state index contributed by atoms with van der Waals surface area (Å²) in [5, 5.41) is 13.9. The van der Waals surface area contributed by atoms with Gasteiger partial charge in [-0.25, -0.2) is 23.1 Å². The Kier molecular flexibility index (Phi) is 13.5. The number of aromatic nitrogens is 5. The molecule has 1 aliphatic carbocycles. The number of nitrogens with one attached hydrogen (secondary N) is 2. The highest BCUT2D eigenvalue weighted by Gasteiger charge is 2.40. The van der Waals surface area contributed by atoms with Crippen molar-refractivity contribution in [1.82, 2.24) is 39.5 Å². The van der Waals surface area contributed by atoms with Crippen molar-refractivity contribution in [3.63, 3.8) is 0 Å². The van der Waals surface area contributed by atoms with Crippen molar-refractivity contribution in [2.75, 3.05) is 67.5 Å². The molecule has 4 saturated heterocycles. The number of piperidine rings is 3. The normalized spacial score (nSPS) is 21.2. The Morgan fingerprint density at radius 1 is 0.971 bits per heavy atom. The van der Waals surface area contributed by atoms with Gasteiger partial charge in [-0.05, 0) is 121 Å². The molecule has 17 nitrogen and oxygen atoms in total.